The number of carbonyl (C=O) groups is 4. The summed E-state index contributed by atoms with van der Waals surface area (Å²) in [5.41, 5.74) is 2.84. The molecular formula is C41H52N2O10. The van der Waals surface area contributed by atoms with Crippen molar-refractivity contribution in [1.82, 2.24) is 9.13 Å². The lowest BCUT2D eigenvalue weighted by molar-refractivity contribution is -0.138. The lowest BCUT2D eigenvalue weighted by Crippen LogP contribution is -2.08. The summed E-state index contributed by atoms with van der Waals surface area (Å²) in [4.78, 5) is 43.2. The maximum atomic E-state index is 11.3. The van der Waals surface area contributed by atoms with Crippen molar-refractivity contribution < 1.29 is 48.3 Å². The number of esters is 2. The molecule has 1 fully saturated rings. The lowest BCUT2D eigenvalue weighted by Gasteiger charge is -2.09. The average Bonchev–Trinajstić information content (AvgIpc) is 3.96. The Labute approximate surface area is 311 Å². The molecule has 0 aliphatic carbocycles. The van der Waals surface area contributed by atoms with Gasteiger partial charge in [-0.2, -0.15) is 0 Å². The molecular weight excluding hydrogens is 680 g/mol. The largest absolute Gasteiger partial charge is 0.508 e. The van der Waals surface area contributed by atoms with E-state index >= 15 is 0 Å². The van der Waals surface area contributed by atoms with Crippen molar-refractivity contribution in [3.05, 3.63) is 120 Å². The summed E-state index contributed by atoms with van der Waals surface area (Å²) in [5.74, 6) is 0.0707. The second-order valence-corrected chi connectivity index (χ2v) is 10.7. The molecule has 5 rings (SSSR count). The highest BCUT2D eigenvalue weighted by Crippen LogP contribution is 2.13. The van der Waals surface area contributed by atoms with Gasteiger partial charge in [0.05, 0.1) is 26.4 Å². The fourth-order valence-electron chi connectivity index (χ4n) is 4.41. The Kier molecular flexibility index (Phi) is 23.9. The van der Waals surface area contributed by atoms with Gasteiger partial charge in [-0.25, -0.2) is 9.59 Å². The van der Waals surface area contributed by atoms with Crippen LogP contribution in [0.3, 0.4) is 0 Å². The minimum Gasteiger partial charge on any atom is -0.508 e. The summed E-state index contributed by atoms with van der Waals surface area (Å²) in [6, 6.07) is 20.7. The summed E-state index contributed by atoms with van der Waals surface area (Å²) < 4.78 is 24.0. The first-order valence-corrected chi connectivity index (χ1v) is 16.9. The van der Waals surface area contributed by atoms with Crippen LogP contribution in [0.5, 0.6) is 11.5 Å². The molecule has 2 aromatic carbocycles. The zero-order chi connectivity index (χ0) is 37.8. The number of hydrogen-bond acceptors (Lipinski definition) is 10. The van der Waals surface area contributed by atoms with Gasteiger partial charge in [0.2, 0.25) is 0 Å². The van der Waals surface area contributed by atoms with Crippen molar-refractivity contribution in [1.29, 1.82) is 0 Å². The number of hydrogen-bond donors (Lipinski definition) is 2. The Hall–Kier alpha value is -5.72. The van der Waals surface area contributed by atoms with Crippen LogP contribution in [0.2, 0.25) is 0 Å². The number of aromatic hydroxyl groups is 1. The minimum atomic E-state index is -0.359. The van der Waals surface area contributed by atoms with Gasteiger partial charge in [0.15, 0.2) is 0 Å². The first-order chi connectivity index (χ1) is 25.3. The van der Waals surface area contributed by atoms with Gasteiger partial charge in [-0.05, 0) is 87.4 Å². The highest BCUT2D eigenvalue weighted by atomic mass is 16.5. The predicted molar refractivity (Wildman–Crippen MR) is 205 cm³/mol. The zero-order valence-electron chi connectivity index (χ0n) is 29.7. The molecule has 3 heterocycles. The minimum absolute atomic E-state index is 0. The van der Waals surface area contributed by atoms with Crippen LogP contribution in [0.1, 0.15) is 66.2 Å². The SMILES string of the molecule is C.C1CCOC1.CCOC(=O)/C=C/c1cccn1CCO.CCOC(=O)/C=C/c1cccn1CCOc1cccc(C=O)c1.O=Cc1cccc(O)c1. The molecule has 2 N–H and O–H groups in total. The summed E-state index contributed by atoms with van der Waals surface area (Å²) in [6.07, 6.45) is 14.0. The average molecular weight is 733 g/mol. The molecule has 12 heteroatoms. The Morgan fingerprint density at radius 2 is 1.28 bits per heavy atom. The van der Waals surface area contributed by atoms with Crippen molar-refractivity contribution in [3.8, 4) is 11.5 Å². The van der Waals surface area contributed by atoms with Crippen molar-refractivity contribution in [2.75, 3.05) is 39.6 Å². The molecule has 0 saturated carbocycles. The second-order valence-electron chi connectivity index (χ2n) is 10.7. The number of phenols is 1. The van der Waals surface area contributed by atoms with E-state index in [1.807, 2.05) is 51.9 Å². The van der Waals surface area contributed by atoms with Crippen LogP contribution in [0.4, 0.5) is 0 Å². The van der Waals surface area contributed by atoms with E-state index in [1.54, 1.807) is 56.3 Å². The number of aliphatic hydroxyl groups excluding tert-OH is 1. The van der Waals surface area contributed by atoms with Gasteiger partial charge in [0, 0.05) is 66.8 Å². The molecule has 0 bridgehead atoms. The van der Waals surface area contributed by atoms with Gasteiger partial charge in [-0.1, -0.05) is 31.7 Å². The fourth-order valence-corrected chi connectivity index (χ4v) is 4.41. The van der Waals surface area contributed by atoms with E-state index in [2.05, 4.69) is 0 Å². The highest BCUT2D eigenvalue weighted by Gasteiger charge is 2.02. The van der Waals surface area contributed by atoms with Crippen LogP contribution in [0.15, 0.2) is 97.3 Å². The maximum Gasteiger partial charge on any atom is 0.330 e. The molecule has 53 heavy (non-hydrogen) atoms. The van der Waals surface area contributed by atoms with E-state index in [0.29, 0.717) is 56.1 Å². The third-order valence-corrected chi connectivity index (χ3v) is 6.85. The number of ether oxygens (including phenoxy) is 4. The maximum absolute atomic E-state index is 11.3. The summed E-state index contributed by atoms with van der Waals surface area (Å²) >= 11 is 0. The Morgan fingerprint density at radius 1 is 0.755 bits per heavy atom. The monoisotopic (exact) mass is 732 g/mol. The lowest BCUT2D eigenvalue weighted by atomic mass is 10.2. The van der Waals surface area contributed by atoms with Crippen LogP contribution in [-0.4, -0.2) is 83.5 Å². The van der Waals surface area contributed by atoms with E-state index in [1.165, 1.54) is 37.1 Å². The quantitative estimate of drug-likeness (QED) is 0.0818. The Morgan fingerprint density at radius 3 is 1.74 bits per heavy atom. The molecule has 0 unspecified atom stereocenters. The first kappa shape index (κ1) is 45.3. The molecule has 2 aromatic heterocycles. The van der Waals surface area contributed by atoms with Crippen LogP contribution in [0.25, 0.3) is 12.2 Å². The van der Waals surface area contributed by atoms with E-state index in [-0.39, 0.29) is 31.7 Å². The highest BCUT2D eigenvalue weighted by molar-refractivity contribution is 5.87. The number of phenolic OH excluding ortho intramolecular Hbond substituents is 1. The fraction of sp³-hybridized carbons (Fsp3) is 0.317. The molecule has 0 amide bonds. The third-order valence-electron chi connectivity index (χ3n) is 6.85. The number of aromatic nitrogens is 2. The molecule has 1 aliphatic rings. The molecule has 0 radical (unpaired) electrons. The van der Waals surface area contributed by atoms with Gasteiger partial charge >= 0.3 is 11.9 Å². The number of aliphatic hydroxyl groups is 1. The Balaban J connectivity index is 0.000000398. The summed E-state index contributed by atoms with van der Waals surface area (Å²) in [6.45, 7) is 7.95. The topological polar surface area (TPSA) is 156 Å². The van der Waals surface area contributed by atoms with Crippen LogP contribution in [0, 0.1) is 0 Å². The van der Waals surface area contributed by atoms with Crippen LogP contribution >= 0.6 is 0 Å². The van der Waals surface area contributed by atoms with Crippen molar-refractivity contribution >= 4 is 36.7 Å². The molecule has 0 spiro atoms. The molecule has 4 aromatic rings. The second kappa shape index (κ2) is 27.9. The van der Waals surface area contributed by atoms with Crippen LogP contribution < -0.4 is 4.74 Å². The van der Waals surface area contributed by atoms with Crippen molar-refractivity contribution in [3.63, 3.8) is 0 Å². The van der Waals surface area contributed by atoms with Crippen molar-refractivity contribution in [2.24, 2.45) is 0 Å². The number of benzene rings is 2. The van der Waals surface area contributed by atoms with Gasteiger partial charge in [-0.3, -0.25) is 9.59 Å². The van der Waals surface area contributed by atoms with Gasteiger partial charge in [-0.15, -0.1) is 0 Å². The number of aldehydes is 2. The summed E-state index contributed by atoms with van der Waals surface area (Å²) in [7, 11) is 0. The Bertz CT molecular complexity index is 1680. The predicted octanol–water partition coefficient (Wildman–Crippen LogP) is 6.65. The third kappa shape index (κ3) is 19.5. The number of nitrogens with zero attached hydrogens (tertiary/aromatic N) is 2. The summed E-state index contributed by atoms with van der Waals surface area (Å²) in [5, 5.41) is 17.6. The smallest absolute Gasteiger partial charge is 0.330 e. The van der Waals surface area contributed by atoms with Crippen molar-refractivity contribution in [2.45, 2.75) is 47.2 Å². The number of carbonyl (C=O) groups excluding carboxylic acids is 4. The van der Waals surface area contributed by atoms with E-state index in [0.717, 1.165) is 30.9 Å². The van der Waals surface area contributed by atoms with Gasteiger partial charge < -0.3 is 38.3 Å². The standard InChI is InChI=1S/C18H19NO4.C11H15NO3.C7H6O2.C4H8O.CH4/c1-2-22-18(21)9-8-16-6-4-10-19(16)11-12-23-17-7-3-5-15(13-17)14-20;1-2-15-11(14)6-5-10-4-3-7-12(10)8-9-13;8-5-6-2-1-3-7(9)4-6;1-2-4-5-3-1;/h3-10,13-14H,2,11-12H2,1H3;3-7,13H,2,8-9H2,1H3;1-5,9H;1-4H2;1H4/b9-8+;6-5+;;;. The molecule has 12 nitrogen and oxygen atoms in total. The normalized spacial score (nSPS) is 11.5. The molecule has 286 valence electrons. The zero-order valence-corrected chi connectivity index (χ0v) is 29.7. The van der Waals surface area contributed by atoms with Gasteiger partial charge in [0.25, 0.3) is 0 Å². The first-order valence-electron chi connectivity index (χ1n) is 16.9. The van der Waals surface area contributed by atoms with E-state index in [4.69, 9.17) is 29.2 Å². The van der Waals surface area contributed by atoms with E-state index in [9.17, 15) is 19.2 Å². The number of rotatable bonds is 14. The van der Waals surface area contributed by atoms with Gasteiger partial charge in [0.1, 0.15) is 30.7 Å². The molecule has 1 aliphatic heterocycles. The molecule has 0 atom stereocenters. The van der Waals surface area contributed by atoms with E-state index < -0.39 is 0 Å². The molecule has 1 saturated heterocycles. The van der Waals surface area contributed by atoms with Crippen LogP contribution in [-0.2, 0) is 36.9 Å².